The second-order valence-corrected chi connectivity index (χ2v) is 13.2. The van der Waals surface area contributed by atoms with Gasteiger partial charge in [-0.15, -0.1) is 11.6 Å². The van der Waals surface area contributed by atoms with Crippen LogP contribution in [0.3, 0.4) is 0 Å². The van der Waals surface area contributed by atoms with Gasteiger partial charge in [0, 0.05) is 37.0 Å². The summed E-state index contributed by atoms with van der Waals surface area (Å²) in [6, 6.07) is 2.02. The van der Waals surface area contributed by atoms with E-state index in [1.165, 1.54) is 0 Å². The zero-order valence-electron chi connectivity index (χ0n) is 21.9. The van der Waals surface area contributed by atoms with Gasteiger partial charge in [-0.05, 0) is 63.3 Å². The molecule has 8 nitrogen and oxygen atoms in total. The summed E-state index contributed by atoms with van der Waals surface area (Å²) in [4.78, 5) is 28.9. The summed E-state index contributed by atoms with van der Waals surface area (Å²) in [5.41, 5.74) is 1.09. The number of amides is 1. The molecular formula is C26H30BrCl2FN6O2. The lowest BCUT2D eigenvalue weighted by molar-refractivity contribution is 0.0209. The van der Waals surface area contributed by atoms with Crippen molar-refractivity contribution in [3.05, 3.63) is 27.2 Å². The fourth-order valence-corrected chi connectivity index (χ4v) is 6.70. The van der Waals surface area contributed by atoms with Crippen molar-refractivity contribution >= 4 is 73.0 Å². The third-order valence-electron chi connectivity index (χ3n) is 8.00. The van der Waals surface area contributed by atoms with Gasteiger partial charge in [-0.1, -0.05) is 11.6 Å². The summed E-state index contributed by atoms with van der Waals surface area (Å²) in [7, 11) is 4.10. The van der Waals surface area contributed by atoms with Gasteiger partial charge in [0.05, 0.1) is 33.0 Å². The van der Waals surface area contributed by atoms with E-state index in [-0.39, 0.29) is 45.0 Å². The molecule has 4 aliphatic rings. The summed E-state index contributed by atoms with van der Waals surface area (Å²) in [6.45, 7) is 7.73. The Balaban J connectivity index is 1.52. The zero-order chi connectivity index (χ0) is 27.3. The number of ether oxygens (including phenoxy) is 1. The number of carbonyl (C=O) groups is 1. The highest BCUT2D eigenvalue weighted by atomic mass is 79.9. The predicted molar refractivity (Wildman–Crippen MR) is 151 cm³/mol. The number of halogens is 4. The lowest BCUT2D eigenvalue weighted by Crippen LogP contribution is -2.57. The molecule has 0 N–H and O–H groups in total. The van der Waals surface area contributed by atoms with Crippen molar-refractivity contribution in [2.45, 2.75) is 56.8 Å². The Morgan fingerprint density at radius 2 is 1.95 bits per heavy atom. The van der Waals surface area contributed by atoms with Crippen LogP contribution in [0.1, 0.15) is 39.1 Å². The van der Waals surface area contributed by atoms with E-state index in [1.807, 2.05) is 39.8 Å². The Bertz CT molecular complexity index is 1470. The van der Waals surface area contributed by atoms with Crippen LogP contribution in [0.15, 0.2) is 10.5 Å². The molecule has 1 aliphatic carbocycles. The second kappa shape index (κ2) is 9.08. The third kappa shape index (κ3) is 3.97. The quantitative estimate of drug-likeness (QED) is 0.269. The van der Waals surface area contributed by atoms with Gasteiger partial charge < -0.3 is 24.0 Å². The Labute approximate surface area is 239 Å². The van der Waals surface area contributed by atoms with E-state index in [4.69, 9.17) is 37.9 Å². The second-order valence-electron chi connectivity index (χ2n) is 11.8. The van der Waals surface area contributed by atoms with E-state index in [0.717, 1.165) is 25.0 Å². The lowest BCUT2D eigenvalue weighted by Gasteiger charge is -2.43. The number of rotatable bonds is 4. The number of anilines is 1. The highest BCUT2D eigenvalue weighted by molar-refractivity contribution is 9.10. The standard InChI is InChI=1S/C26H30BrCl2FN6O2/c1-26(2,3)38-25(37)35-9-12-6-16(35)22(12)36-17(8-28)31-21-23(36)14-7-15(29)18(27)19(30)20(14)32-24(21)34-10-13(11-34)33(4)5/h7,12-13,16,22H,6,8-11H2,1-5H3. The molecule has 12 heteroatoms. The lowest BCUT2D eigenvalue weighted by atomic mass is 9.79. The SMILES string of the molecule is CN(C)C1CN(c2nc3c(F)c(Br)c(Cl)cc3c3c2nc(CCl)n3C2C3CC2N(C(=O)OC(C)(C)C)C3)C1. The number of pyridine rings is 1. The molecule has 38 heavy (non-hydrogen) atoms. The number of nitrogens with zero attached hydrogens (tertiary/aromatic N) is 6. The molecule has 3 unspecified atom stereocenters. The molecule has 4 fully saturated rings. The van der Waals surface area contributed by atoms with Gasteiger partial charge in [-0.3, -0.25) is 0 Å². The third-order valence-corrected chi connectivity index (χ3v) is 9.54. The van der Waals surface area contributed by atoms with Gasteiger partial charge in [0.2, 0.25) is 0 Å². The average molecular weight is 628 g/mol. The first-order valence-electron chi connectivity index (χ1n) is 12.7. The van der Waals surface area contributed by atoms with Crippen LogP contribution in [-0.2, 0) is 10.6 Å². The van der Waals surface area contributed by atoms with Crippen molar-refractivity contribution in [2.24, 2.45) is 5.92 Å². The van der Waals surface area contributed by atoms with E-state index in [2.05, 4.69) is 30.3 Å². The Hall–Kier alpha value is -1.88. The molecule has 3 saturated heterocycles. The maximum absolute atomic E-state index is 15.6. The van der Waals surface area contributed by atoms with Crippen molar-refractivity contribution in [3.8, 4) is 0 Å². The number of aromatic nitrogens is 3. The smallest absolute Gasteiger partial charge is 0.410 e. The van der Waals surface area contributed by atoms with Crippen LogP contribution in [0, 0.1) is 11.7 Å². The Morgan fingerprint density at radius 3 is 2.58 bits per heavy atom. The van der Waals surface area contributed by atoms with E-state index in [9.17, 15) is 4.79 Å². The zero-order valence-corrected chi connectivity index (χ0v) is 25.0. The van der Waals surface area contributed by atoms with E-state index >= 15 is 4.39 Å². The Kier molecular flexibility index (Phi) is 6.29. The summed E-state index contributed by atoms with van der Waals surface area (Å²) < 4.78 is 23.6. The molecule has 3 atom stereocenters. The minimum absolute atomic E-state index is 0.0453. The van der Waals surface area contributed by atoms with Crippen LogP contribution < -0.4 is 4.90 Å². The van der Waals surface area contributed by atoms with E-state index in [0.29, 0.717) is 35.1 Å². The highest BCUT2D eigenvalue weighted by Gasteiger charge is 2.56. The molecule has 2 bridgehead atoms. The van der Waals surface area contributed by atoms with Gasteiger partial charge in [0.1, 0.15) is 22.5 Å². The molecule has 7 rings (SSSR count). The number of carbonyl (C=O) groups excluding carboxylic acids is 1. The number of hydrogen-bond donors (Lipinski definition) is 0. The largest absolute Gasteiger partial charge is 0.444 e. The first-order chi connectivity index (χ1) is 17.9. The van der Waals surface area contributed by atoms with Gasteiger partial charge in [-0.25, -0.2) is 19.2 Å². The van der Waals surface area contributed by atoms with E-state index < -0.39 is 11.4 Å². The van der Waals surface area contributed by atoms with Crippen molar-refractivity contribution in [1.82, 2.24) is 24.3 Å². The minimum Gasteiger partial charge on any atom is -0.444 e. The summed E-state index contributed by atoms with van der Waals surface area (Å²) in [5.74, 6) is 1.20. The first kappa shape index (κ1) is 26.3. The van der Waals surface area contributed by atoms with Crippen molar-refractivity contribution < 1.29 is 13.9 Å². The van der Waals surface area contributed by atoms with Gasteiger partial charge in [-0.2, -0.15) is 0 Å². The minimum atomic E-state index is -0.581. The van der Waals surface area contributed by atoms with Crippen LogP contribution >= 0.6 is 39.1 Å². The number of fused-ring (bicyclic) bond motifs is 4. The van der Waals surface area contributed by atoms with Crippen LogP contribution in [-0.4, -0.2) is 81.8 Å². The monoisotopic (exact) mass is 626 g/mol. The first-order valence-corrected chi connectivity index (χ1v) is 14.4. The number of benzene rings is 1. The maximum Gasteiger partial charge on any atom is 0.410 e. The molecule has 0 radical (unpaired) electrons. The van der Waals surface area contributed by atoms with Gasteiger partial charge >= 0.3 is 6.09 Å². The van der Waals surface area contributed by atoms with Crippen molar-refractivity contribution in [3.63, 3.8) is 0 Å². The normalized spacial score (nSPS) is 23.5. The molecule has 5 heterocycles. The molecule has 2 aromatic heterocycles. The number of alkyl halides is 1. The molecule has 3 aromatic rings. The van der Waals surface area contributed by atoms with Crippen LogP contribution in [0.2, 0.25) is 5.02 Å². The Morgan fingerprint density at radius 1 is 1.24 bits per heavy atom. The summed E-state index contributed by atoms with van der Waals surface area (Å²) >= 11 is 16.2. The summed E-state index contributed by atoms with van der Waals surface area (Å²) in [6.07, 6.45) is 0.559. The molecule has 1 aromatic carbocycles. The number of likely N-dealkylation sites (N-methyl/N-ethyl adjacent to an activating group) is 1. The molecule has 0 spiro atoms. The van der Waals surface area contributed by atoms with Crippen LogP contribution in [0.5, 0.6) is 0 Å². The van der Waals surface area contributed by atoms with Crippen molar-refractivity contribution in [2.75, 3.05) is 38.6 Å². The maximum atomic E-state index is 15.6. The topological polar surface area (TPSA) is 66.7 Å². The molecule has 204 valence electrons. The van der Waals surface area contributed by atoms with E-state index in [1.54, 1.807) is 6.07 Å². The molecule has 1 amide bonds. The average Bonchev–Trinajstić information content (AvgIpc) is 3.48. The molecule has 3 aliphatic heterocycles. The number of hydrogen-bond acceptors (Lipinski definition) is 6. The highest BCUT2D eigenvalue weighted by Crippen LogP contribution is 2.52. The van der Waals surface area contributed by atoms with Gasteiger partial charge in [0.15, 0.2) is 11.6 Å². The van der Waals surface area contributed by atoms with Crippen LogP contribution in [0.4, 0.5) is 15.0 Å². The molecular weight excluding hydrogens is 598 g/mol. The fourth-order valence-electron chi connectivity index (χ4n) is 6.02. The summed E-state index contributed by atoms with van der Waals surface area (Å²) in [5, 5.41) is 0.840. The van der Waals surface area contributed by atoms with Crippen LogP contribution in [0.25, 0.3) is 21.9 Å². The van der Waals surface area contributed by atoms with Gasteiger partial charge in [0.25, 0.3) is 0 Å². The molecule has 1 saturated carbocycles. The number of imidazole rings is 1. The fraction of sp³-hybridized carbons (Fsp3) is 0.577. The van der Waals surface area contributed by atoms with Crippen molar-refractivity contribution in [1.29, 1.82) is 0 Å². The predicted octanol–water partition coefficient (Wildman–Crippen LogP) is 5.81.